The van der Waals surface area contributed by atoms with Crippen LogP contribution < -0.4 is 10.6 Å². The van der Waals surface area contributed by atoms with E-state index in [-0.39, 0.29) is 23.0 Å². The van der Waals surface area contributed by atoms with E-state index in [1.54, 1.807) is 6.92 Å². The van der Waals surface area contributed by atoms with Gasteiger partial charge in [0.25, 0.3) is 0 Å². The Labute approximate surface area is 117 Å². The monoisotopic (exact) mass is 302 g/mol. The Bertz CT molecular complexity index is 550. The van der Waals surface area contributed by atoms with Crippen molar-refractivity contribution >= 4 is 28.5 Å². The smallest absolute Gasteiger partial charge is 0.335 e. The van der Waals surface area contributed by atoms with Crippen LogP contribution in [-0.2, 0) is 10.8 Å². The number of hydrogen-bond donors (Lipinski definition) is 3. The first kappa shape index (κ1) is 16.1. The second-order valence-corrected chi connectivity index (χ2v) is 5.72. The van der Waals surface area contributed by atoms with Crippen LogP contribution in [0.5, 0.6) is 0 Å². The van der Waals surface area contributed by atoms with Crippen molar-refractivity contribution in [3.05, 3.63) is 29.6 Å². The third-order valence-corrected chi connectivity index (χ3v) is 3.30. The molecule has 3 N–H and O–H groups in total. The summed E-state index contributed by atoms with van der Waals surface area (Å²) in [5, 5.41) is 13.5. The van der Waals surface area contributed by atoms with Crippen molar-refractivity contribution in [3.63, 3.8) is 0 Å². The number of amides is 2. The largest absolute Gasteiger partial charge is 0.478 e. The Balaban J connectivity index is 2.67. The molecule has 2 amide bonds. The lowest BCUT2D eigenvalue weighted by Crippen LogP contribution is -2.39. The number of rotatable bonds is 5. The van der Waals surface area contributed by atoms with Crippen molar-refractivity contribution in [1.82, 2.24) is 5.32 Å². The number of aromatic carboxylic acids is 1. The van der Waals surface area contributed by atoms with Gasteiger partial charge in [-0.25, -0.2) is 14.0 Å². The molecule has 1 rings (SSSR count). The van der Waals surface area contributed by atoms with Gasteiger partial charge in [-0.2, -0.15) is 0 Å². The van der Waals surface area contributed by atoms with Gasteiger partial charge in [-0.3, -0.25) is 4.21 Å². The number of carboxylic acids is 1. The van der Waals surface area contributed by atoms with Crippen molar-refractivity contribution in [3.8, 4) is 0 Å². The first-order valence-electron chi connectivity index (χ1n) is 5.70. The van der Waals surface area contributed by atoms with Crippen molar-refractivity contribution in [2.24, 2.45) is 0 Å². The maximum Gasteiger partial charge on any atom is 0.335 e. The van der Waals surface area contributed by atoms with E-state index in [9.17, 15) is 18.2 Å². The van der Waals surface area contributed by atoms with E-state index in [0.717, 1.165) is 6.07 Å². The quantitative estimate of drug-likeness (QED) is 0.766. The molecule has 0 fully saturated rings. The lowest BCUT2D eigenvalue weighted by molar-refractivity contribution is 0.0696. The molecule has 0 bridgehead atoms. The van der Waals surface area contributed by atoms with Gasteiger partial charge in [0.05, 0.1) is 11.3 Å². The number of carbonyl (C=O) groups is 2. The van der Waals surface area contributed by atoms with Crippen LogP contribution in [0.1, 0.15) is 17.3 Å². The van der Waals surface area contributed by atoms with Crippen LogP contribution in [0.2, 0.25) is 0 Å². The third-order valence-electron chi connectivity index (χ3n) is 2.33. The Hall–Kier alpha value is -1.96. The Morgan fingerprint density at radius 2 is 2.10 bits per heavy atom. The Morgan fingerprint density at radius 1 is 1.45 bits per heavy atom. The first-order chi connectivity index (χ1) is 9.29. The van der Waals surface area contributed by atoms with Crippen molar-refractivity contribution < 1.29 is 23.3 Å². The Morgan fingerprint density at radius 3 is 2.60 bits per heavy atom. The molecule has 0 aromatic heterocycles. The zero-order valence-electron chi connectivity index (χ0n) is 11.0. The number of carboxylic acid groups (broad SMARTS) is 1. The fraction of sp³-hybridized carbons (Fsp3) is 0.333. The molecule has 1 aromatic rings. The molecule has 0 aliphatic carbocycles. The molecule has 0 aliphatic rings. The zero-order valence-corrected chi connectivity index (χ0v) is 11.8. The minimum absolute atomic E-state index is 0.127. The summed E-state index contributed by atoms with van der Waals surface area (Å²) in [5.74, 6) is -1.81. The predicted molar refractivity (Wildman–Crippen MR) is 73.9 cm³/mol. The second-order valence-electron chi connectivity index (χ2n) is 4.24. The molecule has 2 atom stereocenters. The van der Waals surface area contributed by atoms with E-state index in [1.807, 2.05) is 0 Å². The van der Waals surface area contributed by atoms with E-state index in [1.165, 1.54) is 18.4 Å². The summed E-state index contributed by atoms with van der Waals surface area (Å²) in [6, 6.07) is 2.20. The van der Waals surface area contributed by atoms with Crippen LogP contribution in [0.25, 0.3) is 0 Å². The van der Waals surface area contributed by atoms with Gasteiger partial charge < -0.3 is 15.7 Å². The highest BCUT2D eigenvalue weighted by Gasteiger charge is 2.12. The fourth-order valence-corrected chi connectivity index (χ4v) is 2.31. The van der Waals surface area contributed by atoms with E-state index < -0.39 is 28.6 Å². The highest BCUT2D eigenvalue weighted by molar-refractivity contribution is 7.84. The number of halogens is 1. The number of anilines is 1. The van der Waals surface area contributed by atoms with Crippen molar-refractivity contribution in [1.29, 1.82) is 0 Å². The molecule has 0 saturated carbocycles. The summed E-state index contributed by atoms with van der Waals surface area (Å²) in [6.07, 6.45) is 1.51. The fourth-order valence-electron chi connectivity index (χ4n) is 1.53. The maximum atomic E-state index is 13.6. The van der Waals surface area contributed by atoms with Crippen LogP contribution in [0, 0.1) is 5.82 Å². The van der Waals surface area contributed by atoms with Crippen molar-refractivity contribution in [2.75, 3.05) is 17.3 Å². The minimum Gasteiger partial charge on any atom is -0.478 e. The van der Waals surface area contributed by atoms with E-state index in [4.69, 9.17) is 5.11 Å². The molecule has 0 spiro atoms. The average molecular weight is 302 g/mol. The molecule has 0 heterocycles. The van der Waals surface area contributed by atoms with Gasteiger partial charge in [0, 0.05) is 28.9 Å². The highest BCUT2D eigenvalue weighted by atomic mass is 32.2. The summed E-state index contributed by atoms with van der Waals surface area (Å²) in [4.78, 5) is 22.2. The molecule has 0 saturated heterocycles. The minimum atomic E-state index is -1.25. The molecule has 20 heavy (non-hydrogen) atoms. The van der Waals surface area contributed by atoms with Gasteiger partial charge in [0.15, 0.2) is 0 Å². The zero-order chi connectivity index (χ0) is 15.3. The van der Waals surface area contributed by atoms with Gasteiger partial charge in [0.2, 0.25) is 0 Å². The van der Waals surface area contributed by atoms with Gasteiger partial charge in [-0.05, 0) is 25.1 Å². The normalized spacial score (nSPS) is 13.3. The number of benzene rings is 1. The number of nitrogens with one attached hydrogen (secondary N) is 2. The molecule has 2 unspecified atom stereocenters. The average Bonchev–Trinajstić information content (AvgIpc) is 2.30. The molecule has 0 aliphatic heterocycles. The summed E-state index contributed by atoms with van der Waals surface area (Å²) in [5.41, 5.74) is -0.333. The third kappa shape index (κ3) is 4.96. The molecular weight excluding hydrogens is 287 g/mol. The van der Waals surface area contributed by atoms with Gasteiger partial charge in [-0.1, -0.05) is 0 Å². The molecule has 110 valence electrons. The Kier molecular flexibility index (Phi) is 5.63. The van der Waals surface area contributed by atoms with E-state index >= 15 is 0 Å². The predicted octanol–water partition coefficient (Wildman–Crippen LogP) is 1.41. The SMILES string of the molecule is CC(CS(C)=O)NC(=O)Nc1ccc(C(=O)O)cc1F. The number of hydrogen-bond acceptors (Lipinski definition) is 3. The molecule has 0 radical (unpaired) electrons. The van der Waals surface area contributed by atoms with Crippen LogP contribution >= 0.6 is 0 Å². The first-order valence-corrected chi connectivity index (χ1v) is 7.42. The van der Waals surface area contributed by atoms with Gasteiger partial charge in [0.1, 0.15) is 5.82 Å². The van der Waals surface area contributed by atoms with Crippen molar-refractivity contribution in [2.45, 2.75) is 13.0 Å². The summed E-state index contributed by atoms with van der Waals surface area (Å²) >= 11 is 0. The van der Waals surface area contributed by atoms with E-state index in [2.05, 4.69) is 10.6 Å². The summed E-state index contributed by atoms with van der Waals surface area (Å²) < 4.78 is 24.5. The highest BCUT2D eigenvalue weighted by Crippen LogP contribution is 2.15. The standard InChI is InChI=1S/C12H15FN2O4S/c1-7(6-20(2)19)14-12(18)15-10-4-3-8(11(16)17)5-9(10)13/h3-5,7H,6H2,1-2H3,(H,16,17)(H2,14,15,18). The lowest BCUT2D eigenvalue weighted by Gasteiger charge is -2.13. The van der Waals surface area contributed by atoms with Gasteiger partial charge in [-0.15, -0.1) is 0 Å². The lowest BCUT2D eigenvalue weighted by atomic mass is 10.2. The second kappa shape index (κ2) is 6.99. The molecule has 1 aromatic carbocycles. The van der Waals surface area contributed by atoms with Crippen LogP contribution in [0.3, 0.4) is 0 Å². The summed E-state index contributed by atoms with van der Waals surface area (Å²) in [7, 11) is -1.05. The van der Waals surface area contributed by atoms with Crippen LogP contribution in [-0.4, -0.2) is 39.4 Å². The number of urea groups is 1. The maximum absolute atomic E-state index is 13.6. The topological polar surface area (TPSA) is 95.5 Å². The van der Waals surface area contributed by atoms with E-state index in [0.29, 0.717) is 0 Å². The van der Waals surface area contributed by atoms with Gasteiger partial charge >= 0.3 is 12.0 Å². The molecule has 6 nitrogen and oxygen atoms in total. The van der Waals surface area contributed by atoms with Crippen LogP contribution in [0.15, 0.2) is 18.2 Å². The van der Waals surface area contributed by atoms with Crippen LogP contribution in [0.4, 0.5) is 14.9 Å². The molecular formula is C12H15FN2O4S. The molecule has 8 heteroatoms. The number of carbonyl (C=O) groups excluding carboxylic acids is 1. The summed E-state index contributed by atoms with van der Waals surface area (Å²) in [6.45, 7) is 1.67.